The minimum absolute atomic E-state index is 0.0466. The van der Waals surface area contributed by atoms with Gasteiger partial charge in [-0.1, -0.05) is 42.0 Å². The van der Waals surface area contributed by atoms with E-state index in [1.807, 2.05) is 35.2 Å². The summed E-state index contributed by atoms with van der Waals surface area (Å²) in [5.41, 5.74) is 2.64. The lowest BCUT2D eigenvalue weighted by Gasteiger charge is -2.38. The molecular weight excluding hydrogens is 394 g/mol. The third-order valence-electron chi connectivity index (χ3n) is 6.70. The van der Waals surface area contributed by atoms with Crippen LogP contribution in [0.2, 0.25) is 0 Å². The molecule has 2 aliphatic heterocycles. The zero-order valence-corrected chi connectivity index (χ0v) is 18.7. The fraction of sp³-hybridized carbons (Fsp3) is 0.583. The monoisotopic (exact) mass is 427 g/mol. The molecule has 3 aliphatic rings. The molecular formula is C24H33N3O2S. The molecule has 1 aromatic rings. The summed E-state index contributed by atoms with van der Waals surface area (Å²) in [5, 5.41) is 4.29. The number of carbonyl (C=O) groups is 1. The molecule has 162 valence electrons. The van der Waals surface area contributed by atoms with Crippen LogP contribution < -0.4 is 5.32 Å². The van der Waals surface area contributed by atoms with Crippen molar-refractivity contribution in [1.82, 2.24) is 15.1 Å². The first-order valence-corrected chi connectivity index (χ1v) is 11.8. The Balaban J connectivity index is 1.25. The van der Waals surface area contributed by atoms with Crippen LogP contribution >= 0.6 is 12.2 Å². The van der Waals surface area contributed by atoms with Gasteiger partial charge in [0.2, 0.25) is 0 Å². The predicted molar refractivity (Wildman–Crippen MR) is 123 cm³/mol. The predicted octanol–water partition coefficient (Wildman–Crippen LogP) is 4.80. The minimum Gasteiger partial charge on any atom is -0.439 e. The fourth-order valence-electron chi connectivity index (χ4n) is 4.97. The Labute approximate surface area is 185 Å². The highest BCUT2D eigenvalue weighted by Gasteiger charge is 2.44. The van der Waals surface area contributed by atoms with Crippen LogP contribution in [0.3, 0.4) is 0 Å². The lowest BCUT2D eigenvalue weighted by Crippen LogP contribution is -2.51. The van der Waals surface area contributed by atoms with E-state index in [4.69, 9.17) is 17.0 Å². The molecule has 0 saturated carbocycles. The first-order chi connectivity index (χ1) is 14.6. The Kier molecular flexibility index (Phi) is 6.93. The molecule has 1 amide bonds. The van der Waals surface area contributed by atoms with Gasteiger partial charge in [0.1, 0.15) is 6.10 Å². The maximum absolute atomic E-state index is 12.6. The van der Waals surface area contributed by atoms with Crippen molar-refractivity contribution in [3.05, 3.63) is 47.5 Å². The number of rotatable bonds is 5. The second kappa shape index (κ2) is 9.82. The maximum atomic E-state index is 12.6. The number of hydrogen-bond donors (Lipinski definition) is 1. The summed E-state index contributed by atoms with van der Waals surface area (Å²) < 4.78 is 5.74. The van der Waals surface area contributed by atoms with Crippen molar-refractivity contribution >= 4 is 23.4 Å². The van der Waals surface area contributed by atoms with Gasteiger partial charge in [-0.05, 0) is 69.7 Å². The van der Waals surface area contributed by atoms with Crippen LogP contribution in [-0.4, -0.2) is 52.7 Å². The first-order valence-electron chi connectivity index (χ1n) is 11.4. The van der Waals surface area contributed by atoms with Gasteiger partial charge in [0.15, 0.2) is 5.11 Å². The molecule has 4 rings (SSSR count). The summed E-state index contributed by atoms with van der Waals surface area (Å²) in [7, 11) is 0. The van der Waals surface area contributed by atoms with Gasteiger partial charge in [-0.3, -0.25) is 4.90 Å². The van der Waals surface area contributed by atoms with Crippen molar-refractivity contribution in [3.8, 4) is 0 Å². The smallest absolute Gasteiger partial charge is 0.411 e. The molecule has 1 N–H and O–H groups in total. The number of cyclic esters (lactones) is 1. The number of nitrogens with one attached hydrogen (secondary N) is 1. The average Bonchev–Trinajstić information content (AvgIpc) is 3.09. The van der Waals surface area contributed by atoms with Crippen LogP contribution in [0.4, 0.5) is 4.79 Å². The summed E-state index contributed by atoms with van der Waals surface area (Å²) in [6.07, 6.45) is 10.1. The number of likely N-dealkylation sites (tertiary alicyclic amines) is 1. The molecule has 2 unspecified atom stereocenters. The van der Waals surface area contributed by atoms with Gasteiger partial charge in [-0.25, -0.2) is 4.79 Å². The Morgan fingerprint density at radius 3 is 2.67 bits per heavy atom. The number of thiocarbonyl (C=S) groups is 1. The molecule has 0 spiro atoms. The third-order valence-corrected chi connectivity index (χ3v) is 7.10. The highest BCUT2D eigenvalue weighted by Crippen LogP contribution is 2.35. The van der Waals surface area contributed by atoms with Gasteiger partial charge >= 0.3 is 6.09 Å². The topological polar surface area (TPSA) is 44.8 Å². The molecule has 1 aromatic carbocycles. The highest BCUT2D eigenvalue weighted by molar-refractivity contribution is 7.80. The molecule has 1 aliphatic carbocycles. The van der Waals surface area contributed by atoms with Crippen LogP contribution in [0.5, 0.6) is 0 Å². The van der Waals surface area contributed by atoms with E-state index in [2.05, 4.69) is 23.2 Å². The van der Waals surface area contributed by atoms with E-state index in [1.54, 1.807) is 5.57 Å². The second-order valence-electron chi connectivity index (χ2n) is 8.67. The molecule has 0 bridgehead atoms. The quantitative estimate of drug-likeness (QED) is 0.540. The fourth-order valence-corrected chi connectivity index (χ4v) is 5.26. The molecule has 30 heavy (non-hydrogen) atoms. The molecule has 6 heteroatoms. The summed E-state index contributed by atoms with van der Waals surface area (Å²) >= 11 is 5.63. The average molecular weight is 428 g/mol. The molecule has 2 fully saturated rings. The van der Waals surface area contributed by atoms with E-state index in [0.29, 0.717) is 0 Å². The van der Waals surface area contributed by atoms with Gasteiger partial charge in [-0.15, -0.1) is 0 Å². The molecule has 0 aromatic heterocycles. The number of benzene rings is 1. The van der Waals surface area contributed by atoms with Crippen LogP contribution in [-0.2, 0) is 4.74 Å². The Morgan fingerprint density at radius 1 is 1.20 bits per heavy atom. The summed E-state index contributed by atoms with van der Waals surface area (Å²) in [6, 6.07) is 10.3. The van der Waals surface area contributed by atoms with Gasteiger partial charge in [0.05, 0.1) is 6.04 Å². The van der Waals surface area contributed by atoms with Crippen LogP contribution in [0.1, 0.15) is 63.5 Å². The lowest BCUT2D eigenvalue weighted by molar-refractivity contribution is 0.120. The zero-order valence-electron chi connectivity index (χ0n) is 17.9. The second-order valence-corrected chi connectivity index (χ2v) is 9.06. The molecule has 2 saturated heterocycles. The molecule has 0 radical (unpaired) electrons. The number of ether oxygens (including phenoxy) is 1. The Morgan fingerprint density at radius 2 is 1.97 bits per heavy atom. The summed E-state index contributed by atoms with van der Waals surface area (Å²) in [4.78, 5) is 16.8. The SMILES string of the molecule is CC1C(c2ccccc2)OC(=O)N1C1CCN(C(=S)NCCC2=CCCCC2)CC1. The van der Waals surface area contributed by atoms with Crippen molar-refractivity contribution in [1.29, 1.82) is 0 Å². The summed E-state index contributed by atoms with van der Waals surface area (Å²) in [6.45, 7) is 4.78. The van der Waals surface area contributed by atoms with Crippen molar-refractivity contribution in [2.24, 2.45) is 0 Å². The first kappa shape index (κ1) is 21.2. The van der Waals surface area contributed by atoms with Crippen molar-refractivity contribution < 1.29 is 9.53 Å². The number of amides is 1. The molecule has 2 atom stereocenters. The zero-order chi connectivity index (χ0) is 20.9. The largest absolute Gasteiger partial charge is 0.439 e. The van der Waals surface area contributed by atoms with E-state index in [-0.39, 0.29) is 24.3 Å². The van der Waals surface area contributed by atoms with E-state index >= 15 is 0 Å². The molecule has 2 heterocycles. The van der Waals surface area contributed by atoms with Gasteiger partial charge in [-0.2, -0.15) is 0 Å². The summed E-state index contributed by atoms with van der Waals surface area (Å²) in [5.74, 6) is 0. The van der Waals surface area contributed by atoms with E-state index in [9.17, 15) is 4.79 Å². The van der Waals surface area contributed by atoms with Gasteiger partial charge in [0.25, 0.3) is 0 Å². The Bertz CT molecular complexity index is 774. The van der Waals surface area contributed by atoms with Crippen molar-refractivity contribution in [3.63, 3.8) is 0 Å². The number of hydrogen-bond acceptors (Lipinski definition) is 3. The normalized spacial score (nSPS) is 25.1. The van der Waals surface area contributed by atoms with E-state index < -0.39 is 0 Å². The van der Waals surface area contributed by atoms with E-state index in [0.717, 1.165) is 49.6 Å². The third kappa shape index (κ3) is 4.80. The van der Waals surface area contributed by atoms with Crippen molar-refractivity contribution in [2.75, 3.05) is 19.6 Å². The number of nitrogens with zero attached hydrogens (tertiary/aromatic N) is 2. The number of allylic oxidation sites excluding steroid dienone is 1. The van der Waals surface area contributed by atoms with Crippen molar-refractivity contribution in [2.45, 2.75) is 70.1 Å². The lowest BCUT2D eigenvalue weighted by atomic mass is 9.97. The van der Waals surface area contributed by atoms with E-state index in [1.165, 1.54) is 25.7 Å². The Hall–Kier alpha value is -2.08. The van der Waals surface area contributed by atoms with Gasteiger partial charge in [0, 0.05) is 25.7 Å². The number of carbonyl (C=O) groups excluding carboxylic acids is 1. The number of piperidine rings is 1. The van der Waals surface area contributed by atoms with Gasteiger partial charge < -0.3 is 15.0 Å². The van der Waals surface area contributed by atoms with Crippen LogP contribution in [0.15, 0.2) is 42.0 Å². The highest BCUT2D eigenvalue weighted by atomic mass is 32.1. The van der Waals surface area contributed by atoms with Crippen LogP contribution in [0, 0.1) is 0 Å². The minimum atomic E-state index is -0.187. The molecule has 5 nitrogen and oxygen atoms in total. The van der Waals surface area contributed by atoms with Crippen LogP contribution in [0.25, 0.3) is 0 Å². The standard InChI is InChI=1S/C24H33N3O2S/c1-18-22(20-10-6-3-7-11-20)29-24(28)27(18)21-13-16-26(17-14-21)23(30)25-15-12-19-8-4-2-5-9-19/h3,6-8,10-11,18,21-22H,2,4-5,9,12-17H2,1H3,(H,25,30). The maximum Gasteiger partial charge on any atom is 0.411 e.